The normalized spacial score (nSPS) is 15.5. The van der Waals surface area contributed by atoms with E-state index in [4.69, 9.17) is 0 Å². The Balaban J connectivity index is 1.81. The number of aliphatic imine (C=N–C) groups is 1. The molecule has 1 saturated carbocycles. The molecule has 1 fully saturated rings. The number of aromatic nitrogens is 1. The van der Waals surface area contributed by atoms with Crippen LogP contribution in [0.15, 0.2) is 23.3 Å². The van der Waals surface area contributed by atoms with E-state index in [-0.39, 0.29) is 5.75 Å². The zero-order chi connectivity index (χ0) is 13.7. The maximum atomic E-state index is 12.0. The van der Waals surface area contributed by atoms with Gasteiger partial charge >= 0.3 is 6.61 Å². The van der Waals surface area contributed by atoms with Crippen molar-refractivity contribution < 1.29 is 13.5 Å². The molecule has 0 saturated heterocycles. The van der Waals surface area contributed by atoms with Gasteiger partial charge in [-0.25, -0.2) is 0 Å². The summed E-state index contributed by atoms with van der Waals surface area (Å²) in [5.74, 6) is 0.774. The predicted molar refractivity (Wildman–Crippen MR) is 67.2 cm³/mol. The number of guanidine groups is 1. The zero-order valence-corrected chi connectivity index (χ0v) is 10.6. The Morgan fingerprint density at radius 2 is 2.32 bits per heavy atom. The first-order valence-electron chi connectivity index (χ1n) is 6.04. The molecule has 1 aromatic heterocycles. The van der Waals surface area contributed by atoms with Crippen molar-refractivity contribution in [2.75, 3.05) is 7.05 Å². The van der Waals surface area contributed by atoms with E-state index in [0.717, 1.165) is 11.7 Å². The SMILES string of the molecule is CN=C(NCc1ccc(OC(F)F)cn1)NC1CC1. The minimum atomic E-state index is -2.83. The molecule has 104 valence electrons. The highest BCUT2D eigenvalue weighted by Gasteiger charge is 2.21. The molecular formula is C12H16F2N4O. The van der Waals surface area contributed by atoms with Crippen molar-refractivity contribution in [1.29, 1.82) is 0 Å². The van der Waals surface area contributed by atoms with Gasteiger partial charge in [0, 0.05) is 13.1 Å². The summed E-state index contributed by atoms with van der Waals surface area (Å²) >= 11 is 0. The highest BCUT2D eigenvalue weighted by Crippen LogP contribution is 2.18. The quantitative estimate of drug-likeness (QED) is 0.629. The van der Waals surface area contributed by atoms with Crippen LogP contribution in [0.4, 0.5) is 8.78 Å². The average Bonchev–Trinajstić information content (AvgIpc) is 3.19. The second-order valence-electron chi connectivity index (χ2n) is 4.21. The van der Waals surface area contributed by atoms with Gasteiger partial charge in [-0.15, -0.1) is 0 Å². The number of pyridine rings is 1. The van der Waals surface area contributed by atoms with Crippen LogP contribution in [-0.4, -0.2) is 30.6 Å². The van der Waals surface area contributed by atoms with Gasteiger partial charge in [0.25, 0.3) is 0 Å². The number of ether oxygens (including phenoxy) is 1. The standard InChI is InChI=1S/C12H16F2N4O/c1-15-12(18-8-2-3-8)17-6-9-4-5-10(7-16-9)19-11(13)14/h4-5,7-8,11H,2-3,6H2,1H3,(H2,15,17,18). The Hall–Kier alpha value is -1.92. The topological polar surface area (TPSA) is 58.5 Å². The zero-order valence-electron chi connectivity index (χ0n) is 10.6. The molecule has 0 aromatic carbocycles. The van der Waals surface area contributed by atoms with Crippen LogP contribution < -0.4 is 15.4 Å². The third-order valence-corrected chi connectivity index (χ3v) is 2.60. The lowest BCUT2D eigenvalue weighted by Gasteiger charge is -2.11. The molecule has 0 amide bonds. The van der Waals surface area contributed by atoms with E-state index in [1.54, 1.807) is 13.1 Å². The highest BCUT2D eigenvalue weighted by molar-refractivity contribution is 5.80. The van der Waals surface area contributed by atoms with E-state index in [0.29, 0.717) is 12.6 Å². The van der Waals surface area contributed by atoms with E-state index in [1.807, 2.05) is 0 Å². The maximum Gasteiger partial charge on any atom is 0.387 e. The Bertz CT molecular complexity index is 432. The lowest BCUT2D eigenvalue weighted by molar-refractivity contribution is -0.0500. The summed E-state index contributed by atoms with van der Waals surface area (Å²) in [6.45, 7) is -2.35. The molecule has 1 heterocycles. The molecule has 1 aliphatic rings. The Labute approximate surface area is 110 Å². The third kappa shape index (κ3) is 4.69. The molecule has 1 aromatic rings. The van der Waals surface area contributed by atoms with Gasteiger partial charge in [0.2, 0.25) is 0 Å². The summed E-state index contributed by atoms with van der Waals surface area (Å²) in [7, 11) is 1.70. The molecular weight excluding hydrogens is 254 g/mol. The number of hydrogen-bond donors (Lipinski definition) is 2. The van der Waals surface area contributed by atoms with Crippen LogP contribution in [0.1, 0.15) is 18.5 Å². The molecule has 0 radical (unpaired) electrons. The van der Waals surface area contributed by atoms with Crippen LogP contribution >= 0.6 is 0 Å². The average molecular weight is 270 g/mol. The first-order valence-corrected chi connectivity index (χ1v) is 6.04. The molecule has 0 atom stereocenters. The van der Waals surface area contributed by atoms with E-state index in [9.17, 15) is 8.78 Å². The Morgan fingerprint density at radius 1 is 1.53 bits per heavy atom. The molecule has 0 bridgehead atoms. The molecule has 0 unspecified atom stereocenters. The number of hydrogen-bond acceptors (Lipinski definition) is 3. The number of alkyl halides is 2. The number of nitrogens with one attached hydrogen (secondary N) is 2. The molecule has 1 aliphatic carbocycles. The van der Waals surface area contributed by atoms with E-state index in [2.05, 4.69) is 25.3 Å². The Morgan fingerprint density at radius 3 is 2.84 bits per heavy atom. The van der Waals surface area contributed by atoms with Gasteiger partial charge < -0.3 is 15.4 Å². The summed E-state index contributed by atoms with van der Waals surface area (Å²) in [5.41, 5.74) is 0.723. The van der Waals surface area contributed by atoms with Crippen LogP contribution in [-0.2, 0) is 6.54 Å². The second kappa shape index (κ2) is 6.31. The lowest BCUT2D eigenvalue weighted by atomic mass is 10.3. The maximum absolute atomic E-state index is 12.0. The predicted octanol–water partition coefficient (Wildman–Crippen LogP) is 1.51. The largest absolute Gasteiger partial charge is 0.433 e. The molecule has 0 spiro atoms. The van der Waals surface area contributed by atoms with Gasteiger partial charge in [0.15, 0.2) is 5.96 Å². The summed E-state index contributed by atoms with van der Waals surface area (Å²) in [6, 6.07) is 3.61. The minimum absolute atomic E-state index is 0.0548. The van der Waals surface area contributed by atoms with Gasteiger partial charge in [-0.05, 0) is 25.0 Å². The van der Waals surface area contributed by atoms with Crippen LogP contribution in [0.3, 0.4) is 0 Å². The van der Waals surface area contributed by atoms with Crippen molar-refractivity contribution in [3.63, 3.8) is 0 Å². The molecule has 19 heavy (non-hydrogen) atoms. The van der Waals surface area contributed by atoms with Crippen molar-refractivity contribution in [3.8, 4) is 5.75 Å². The lowest BCUT2D eigenvalue weighted by Crippen LogP contribution is -2.38. The van der Waals surface area contributed by atoms with Gasteiger partial charge in [-0.1, -0.05) is 0 Å². The second-order valence-corrected chi connectivity index (χ2v) is 4.21. The monoisotopic (exact) mass is 270 g/mol. The summed E-state index contributed by atoms with van der Waals surface area (Å²) in [6.07, 6.45) is 3.61. The fourth-order valence-corrected chi connectivity index (χ4v) is 1.48. The third-order valence-electron chi connectivity index (χ3n) is 2.60. The van der Waals surface area contributed by atoms with Gasteiger partial charge in [-0.2, -0.15) is 8.78 Å². The summed E-state index contributed by atoms with van der Waals surface area (Å²) in [5, 5.41) is 6.34. The summed E-state index contributed by atoms with van der Waals surface area (Å²) in [4.78, 5) is 8.11. The number of nitrogens with zero attached hydrogens (tertiary/aromatic N) is 2. The van der Waals surface area contributed by atoms with Gasteiger partial charge in [0.05, 0.1) is 18.4 Å². The van der Waals surface area contributed by atoms with Crippen LogP contribution in [0.2, 0.25) is 0 Å². The molecule has 0 aliphatic heterocycles. The number of halogens is 2. The van der Waals surface area contributed by atoms with Crippen molar-refractivity contribution >= 4 is 5.96 Å². The minimum Gasteiger partial charge on any atom is -0.433 e. The van der Waals surface area contributed by atoms with E-state index >= 15 is 0 Å². The van der Waals surface area contributed by atoms with Crippen LogP contribution in [0.25, 0.3) is 0 Å². The first-order chi connectivity index (χ1) is 9.17. The van der Waals surface area contributed by atoms with Gasteiger partial charge in [-0.3, -0.25) is 9.98 Å². The van der Waals surface area contributed by atoms with Crippen molar-refractivity contribution in [3.05, 3.63) is 24.0 Å². The highest BCUT2D eigenvalue weighted by atomic mass is 19.3. The van der Waals surface area contributed by atoms with Crippen molar-refractivity contribution in [2.45, 2.75) is 32.0 Å². The molecule has 2 rings (SSSR count). The van der Waals surface area contributed by atoms with Crippen molar-refractivity contribution in [2.24, 2.45) is 4.99 Å². The fourth-order valence-electron chi connectivity index (χ4n) is 1.48. The van der Waals surface area contributed by atoms with Crippen LogP contribution in [0.5, 0.6) is 5.75 Å². The fraction of sp³-hybridized carbons (Fsp3) is 0.500. The van der Waals surface area contributed by atoms with E-state index < -0.39 is 6.61 Å². The van der Waals surface area contributed by atoms with Gasteiger partial charge in [0.1, 0.15) is 5.75 Å². The smallest absolute Gasteiger partial charge is 0.387 e. The number of rotatable bonds is 5. The molecule has 2 N–H and O–H groups in total. The van der Waals surface area contributed by atoms with E-state index in [1.165, 1.54) is 25.1 Å². The molecule has 7 heteroatoms. The summed E-state index contributed by atoms with van der Waals surface area (Å²) < 4.78 is 28.1. The van der Waals surface area contributed by atoms with Crippen molar-refractivity contribution in [1.82, 2.24) is 15.6 Å². The Kier molecular flexibility index (Phi) is 4.48. The molecule has 5 nitrogen and oxygen atoms in total. The first kappa shape index (κ1) is 13.5. The van der Waals surface area contributed by atoms with Crippen LogP contribution in [0, 0.1) is 0 Å².